The van der Waals surface area contributed by atoms with Crippen molar-refractivity contribution in [1.29, 1.82) is 0 Å². The van der Waals surface area contributed by atoms with Crippen LogP contribution in [0.25, 0.3) is 0 Å². The zero-order valence-electron chi connectivity index (χ0n) is 11.3. The van der Waals surface area contributed by atoms with E-state index in [-0.39, 0.29) is 5.91 Å². The number of carbonyl (C=O) groups excluding carboxylic acids is 1. The Hall–Kier alpha value is -0.570. The molecule has 0 spiro atoms. The lowest BCUT2D eigenvalue weighted by atomic mass is 9.82. The quantitative estimate of drug-likeness (QED) is 0.738. The predicted octanol–water partition coefficient (Wildman–Crippen LogP) is 2.45. The molecule has 0 aliphatic carbocycles. The molecular formula is C13H25NO2. The van der Waals surface area contributed by atoms with Gasteiger partial charge in [-0.15, -0.1) is 0 Å². The summed E-state index contributed by atoms with van der Waals surface area (Å²) in [6, 6.07) is 0. The van der Waals surface area contributed by atoms with Gasteiger partial charge in [-0.3, -0.25) is 4.79 Å². The number of amides is 1. The number of methoxy groups -OCH3 is 1. The molecule has 0 aromatic carbocycles. The van der Waals surface area contributed by atoms with Crippen LogP contribution in [0.5, 0.6) is 0 Å². The highest BCUT2D eigenvalue weighted by atomic mass is 16.5. The maximum atomic E-state index is 12.2. The molecule has 0 aromatic rings. The Balaban J connectivity index is 2.70. The molecule has 3 heteroatoms. The second kappa shape index (κ2) is 4.74. The van der Waals surface area contributed by atoms with Gasteiger partial charge in [-0.25, -0.2) is 0 Å². The Morgan fingerprint density at radius 2 is 1.94 bits per heavy atom. The van der Waals surface area contributed by atoms with Crippen molar-refractivity contribution in [3.8, 4) is 0 Å². The van der Waals surface area contributed by atoms with Crippen LogP contribution in [0.15, 0.2) is 0 Å². The average molecular weight is 227 g/mol. The van der Waals surface area contributed by atoms with Crippen molar-refractivity contribution in [1.82, 2.24) is 4.90 Å². The number of hydrogen-bond donors (Lipinski definition) is 0. The topological polar surface area (TPSA) is 29.5 Å². The van der Waals surface area contributed by atoms with Crippen LogP contribution in [0.3, 0.4) is 0 Å². The third-order valence-electron chi connectivity index (χ3n) is 4.25. The maximum absolute atomic E-state index is 12.2. The van der Waals surface area contributed by atoms with Crippen molar-refractivity contribution < 1.29 is 9.53 Å². The molecule has 16 heavy (non-hydrogen) atoms. The number of likely N-dealkylation sites (tertiary alicyclic amines) is 1. The largest absolute Gasteiger partial charge is 0.369 e. The van der Waals surface area contributed by atoms with E-state index in [1.54, 1.807) is 7.11 Å². The molecule has 0 unspecified atom stereocenters. The van der Waals surface area contributed by atoms with Gasteiger partial charge in [-0.1, -0.05) is 13.8 Å². The van der Waals surface area contributed by atoms with Crippen molar-refractivity contribution in [2.24, 2.45) is 5.41 Å². The second-order valence-electron chi connectivity index (χ2n) is 5.40. The Morgan fingerprint density at radius 1 is 1.38 bits per heavy atom. The number of nitrogens with zero attached hydrogens (tertiary/aromatic N) is 1. The maximum Gasteiger partial charge on any atom is 0.254 e. The lowest BCUT2D eigenvalue weighted by Gasteiger charge is -2.30. The Labute approximate surface area is 99.1 Å². The summed E-state index contributed by atoms with van der Waals surface area (Å²) in [6.45, 7) is 9.90. The van der Waals surface area contributed by atoms with E-state index in [4.69, 9.17) is 4.74 Å². The first-order chi connectivity index (χ1) is 7.40. The van der Waals surface area contributed by atoms with Gasteiger partial charge in [-0.2, -0.15) is 0 Å². The van der Waals surface area contributed by atoms with Crippen LogP contribution in [-0.2, 0) is 9.53 Å². The molecule has 0 N–H and O–H groups in total. The van der Waals surface area contributed by atoms with Crippen LogP contribution in [0.4, 0.5) is 0 Å². The number of hydrogen-bond acceptors (Lipinski definition) is 2. The molecule has 1 amide bonds. The number of carbonyl (C=O) groups is 1. The van der Waals surface area contributed by atoms with Gasteiger partial charge in [0.05, 0.1) is 0 Å². The molecule has 0 saturated carbocycles. The van der Waals surface area contributed by atoms with E-state index in [2.05, 4.69) is 13.8 Å². The molecule has 1 aliphatic rings. The van der Waals surface area contributed by atoms with E-state index in [1.807, 2.05) is 18.7 Å². The van der Waals surface area contributed by atoms with Crippen molar-refractivity contribution in [3.63, 3.8) is 0 Å². The molecule has 0 aromatic heterocycles. The Kier molecular flexibility index (Phi) is 4.00. The van der Waals surface area contributed by atoms with Gasteiger partial charge in [0, 0.05) is 20.2 Å². The average Bonchev–Trinajstić information content (AvgIpc) is 2.73. The number of rotatable bonds is 4. The fraction of sp³-hybridized carbons (Fsp3) is 0.923. The standard InChI is InChI=1S/C13H25NO2/c1-6-13(7-2)8-9-14(10-13)11(15)12(3,4)16-5/h6-10H2,1-5H3. The summed E-state index contributed by atoms with van der Waals surface area (Å²) in [4.78, 5) is 14.2. The third kappa shape index (κ3) is 2.40. The molecule has 0 atom stereocenters. The summed E-state index contributed by atoms with van der Waals surface area (Å²) in [5.74, 6) is 0.124. The van der Waals surface area contributed by atoms with Gasteiger partial charge in [0.25, 0.3) is 5.91 Å². The van der Waals surface area contributed by atoms with Crippen LogP contribution in [0, 0.1) is 5.41 Å². The lowest BCUT2D eigenvalue weighted by molar-refractivity contribution is -0.150. The minimum atomic E-state index is -0.683. The molecule has 3 nitrogen and oxygen atoms in total. The Bertz CT molecular complexity index is 257. The smallest absolute Gasteiger partial charge is 0.254 e. The monoisotopic (exact) mass is 227 g/mol. The minimum Gasteiger partial charge on any atom is -0.369 e. The van der Waals surface area contributed by atoms with Gasteiger partial charge >= 0.3 is 0 Å². The van der Waals surface area contributed by atoms with Crippen LogP contribution < -0.4 is 0 Å². The fourth-order valence-electron chi connectivity index (χ4n) is 2.40. The molecular weight excluding hydrogens is 202 g/mol. The molecule has 94 valence electrons. The molecule has 0 bridgehead atoms. The van der Waals surface area contributed by atoms with E-state index in [9.17, 15) is 4.79 Å². The Morgan fingerprint density at radius 3 is 2.31 bits per heavy atom. The summed E-state index contributed by atoms with van der Waals surface area (Å²) < 4.78 is 5.26. The zero-order valence-corrected chi connectivity index (χ0v) is 11.3. The molecule has 0 radical (unpaired) electrons. The normalized spacial score (nSPS) is 20.2. The SMILES string of the molecule is CCC1(CC)CCN(C(=O)C(C)(C)OC)C1. The van der Waals surface area contributed by atoms with Crippen LogP contribution >= 0.6 is 0 Å². The third-order valence-corrected chi connectivity index (χ3v) is 4.25. The van der Waals surface area contributed by atoms with E-state index in [0.717, 1.165) is 32.4 Å². The first-order valence-electron chi connectivity index (χ1n) is 6.25. The van der Waals surface area contributed by atoms with Crippen LogP contribution in [-0.4, -0.2) is 36.6 Å². The summed E-state index contributed by atoms with van der Waals surface area (Å²) in [7, 11) is 1.60. The molecule has 1 fully saturated rings. The summed E-state index contributed by atoms with van der Waals surface area (Å²) in [6.07, 6.45) is 3.44. The van der Waals surface area contributed by atoms with E-state index >= 15 is 0 Å². The lowest BCUT2D eigenvalue weighted by Crippen LogP contribution is -2.46. The van der Waals surface area contributed by atoms with E-state index in [0.29, 0.717) is 5.41 Å². The highest BCUT2D eigenvalue weighted by Crippen LogP contribution is 2.37. The summed E-state index contributed by atoms with van der Waals surface area (Å²) >= 11 is 0. The van der Waals surface area contributed by atoms with E-state index in [1.165, 1.54) is 0 Å². The van der Waals surface area contributed by atoms with Crippen molar-refractivity contribution in [3.05, 3.63) is 0 Å². The molecule has 1 rings (SSSR count). The molecule has 1 saturated heterocycles. The van der Waals surface area contributed by atoms with Crippen molar-refractivity contribution >= 4 is 5.91 Å². The molecule has 1 heterocycles. The second-order valence-corrected chi connectivity index (χ2v) is 5.40. The van der Waals surface area contributed by atoms with Gasteiger partial charge < -0.3 is 9.64 Å². The summed E-state index contributed by atoms with van der Waals surface area (Å²) in [5.41, 5.74) is -0.336. The van der Waals surface area contributed by atoms with Gasteiger partial charge in [0.2, 0.25) is 0 Å². The van der Waals surface area contributed by atoms with Crippen molar-refractivity contribution in [2.45, 2.75) is 52.6 Å². The van der Waals surface area contributed by atoms with Crippen molar-refractivity contribution in [2.75, 3.05) is 20.2 Å². The predicted molar refractivity (Wildman–Crippen MR) is 65.3 cm³/mol. The highest BCUT2D eigenvalue weighted by Gasteiger charge is 2.41. The number of ether oxygens (including phenoxy) is 1. The molecule has 1 aliphatic heterocycles. The highest BCUT2D eigenvalue weighted by molar-refractivity contribution is 5.84. The summed E-state index contributed by atoms with van der Waals surface area (Å²) in [5, 5.41) is 0. The van der Waals surface area contributed by atoms with Crippen LogP contribution in [0.1, 0.15) is 47.0 Å². The van der Waals surface area contributed by atoms with Gasteiger partial charge in [0.15, 0.2) is 0 Å². The van der Waals surface area contributed by atoms with Crippen LogP contribution in [0.2, 0.25) is 0 Å². The first-order valence-corrected chi connectivity index (χ1v) is 6.25. The minimum absolute atomic E-state index is 0.124. The van der Waals surface area contributed by atoms with Gasteiger partial charge in [0.1, 0.15) is 5.60 Å². The van der Waals surface area contributed by atoms with Gasteiger partial charge in [-0.05, 0) is 38.5 Å². The van der Waals surface area contributed by atoms with E-state index < -0.39 is 5.60 Å². The fourth-order valence-corrected chi connectivity index (χ4v) is 2.40. The first kappa shape index (κ1) is 13.5. The zero-order chi connectivity index (χ0) is 12.4.